The quantitative estimate of drug-likeness (QED) is 0.156. The maximum atomic E-state index is 12.6. The van der Waals surface area contributed by atoms with E-state index < -0.39 is 10.0 Å². The second-order valence-electron chi connectivity index (χ2n) is 9.05. The summed E-state index contributed by atoms with van der Waals surface area (Å²) in [6.45, 7) is 2.02. The first-order valence-corrected chi connectivity index (χ1v) is 14.8. The van der Waals surface area contributed by atoms with Crippen LogP contribution < -0.4 is 4.72 Å². The molecule has 0 amide bonds. The average Bonchev–Trinajstić information content (AvgIpc) is 2.97. The van der Waals surface area contributed by atoms with Gasteiger partial charge in [-0.2, -0.15) is 10.2 Å². The molecule has 7 nitrogen and oxygen atoms in total. The van der Waals surface area contributed by atoms with Crippen LogP contribution in [0.5, 0.6) is 0 Å². The first kappa shape index (κ1) is 25.7. The molecule has 0 aliphatic rings. The zero-order valence-corrected chi connectivity index (χ0v) is 23.0. The summed E-state index contributed by atoms with van der Waals surface area (Å²) < 4.78 is 27.7. The molecular weight excluding hydrogens is 539 g/mol. The van der Waals surface area contributed by atoms with Crippen LogP contribution in [-0.4, -0.2) is 18.4 Å². The summed E-state index contributed by atoms with van der Waals surface area (Å²) in [7, 11) is -3.75. The highest BCUT2D eigenvalue weighted by atomic mass is 32.2. The monoisotopic (exact) mass is 561 g/mol. The molecule has 0 radical (unpaired) electrons. The number of sulfonamides is 1. The molecule has 40 heavy (non-hydrogen) atoms. The Morgan fingerprint density at radius 2 is 1.48 bits per heavy atom. The molecule has 0 fully saturated rings. The van der Waals surface area contributed by atoms with E-state index in [0.717, 1.165) is 26.4 Å². The summed E-state index contributed by atoms with van der Waals surface area (Å²) in [6.07, 6.45) is 1.52. The number of hydrogen-bond donors (Lipinski definition) is 1. The molecule has 0 spiro atoms. The van der Waals surface area contributed by atoms with Crippen LogP contribution >= 0.6 is 11.8 Å². The van der Waals surface area contributed by atoms with Gasteiger partial charge in [-0.1, -0.05) is 48.2 Å². The highest BCUT2D eigenvalue weighted by Gasteiger charge is 2.14. The van der Waals surface area contributed by atoms with E-state index in [9.17, 15) is 8.42 Å². The lowest BCUT2D eigenvalue weighted by molar-refractivity contribution is 0.601. The third-order valence-corrected chi connectivity index (χ3v) is 8.61. The fraction of sp³-hybridized carbons (Fsp3) is 0.0323. The number of hydrogen-bond acceptors (Lipinski definition) is 7. The first-order valence-electron chi connectivity index (χ1n) is 12.5. The topological polar surface area (TPSA) is 96.7 Å². The van der Waals surface area contributed by atoms with Crippen molar-refractivity contribution >= 4 is 60.7 Å². The van der Waals surface area contributed by atoms with Crippen LogP contribution in [0.4, 0.5) is 17.2 Å². The smallest absolute Gasteiger partial charge is 0.263 e. The van der Waals surface area contributed by atoms with Gasteiger partial charge in [0.2, 0.25) is 0 Å². The minimum Gasteiger partial charge on any atom is -0.263 e. The van der Waals surface area contributed by atoms with Crippen LogP contribution in [0.25, 0.3) is 21.7 Å². The second kappa shape index (κ2) is 10.9. The van der Waals surface area contributed by atoms with Crippen molar-refractivity contribution in [2.24, 2.45) is 10.2 Å². The molecule has 0 bridgehead atoms. The standard InChI is InChI=1S/C31H23N5O2S2/c1-21-20-29(31-27-7-3-2-6-22(27)9-18-28(31)33-21)39-25-14-10-23(11-15-25)34-35-24-12-16-26(17-13-24)40(37,38)36-30-8-4-5-19-32-30/h2-20H,1H3,(H,32,36). The van der Waals surface area contributed by atoms with Crippen molar-refractivity contribution < 1.29 is 8.42 Å². The van der Waals surface area contributed by atoms with E-state index in [1.54, 1.807) is 42.1 Å². The highest BCUT2D eigenvalue weighted by molar-refractivity contribution is 7.99. The third-order valence-electron chi connectivity index (χ3n) is 6.19. The molecule has 1 N–H and O–H groups in total. The van der Waals surface area contributed by atoms with Crippen molar-refractivity contribution in [3.05, 3.63) is 121 Å². The lowest BCUT2D eigenvalue weighted by Crippen LogP contribution is -2.13. The molecular formula is C31H23N5O2S2. The lowest BCUT2D eigenvalue weighted by Gasteiger charge is -2.11. The minimum absolute atomic E-state index is 0.116. The van der Waals surface area contributed by atoms with Crippen LogP contribution in [0.1, 0.15) is 5.69 Å². The molecule has 0 saturated carbocycles. The molecule has 0 atom stereocenters. The Bertz CT molecular complexity index is 1960. The number of nitrogens with zero attached hydrogens (tertiary/aromatic N) is 4. The highest BCUT2D eigenvalue weighted by Crippen LogP contribution is 2.38. The Morgan fingerprint density at radius 1 is 0.775 bits per heavy atom. The molecule has 9 heteroatoms. The van der Waals surface area contributed by atoms with Gasteiger partial charge in [0.05, 0.1) is 21.8 Å². The minimum atomic E-state index is -3.75. The van der Waals surface area contributed by atoms with E-state index in [0.29, 0.717) is 11.4 Å². The zero-order valence-electron chi connectivity index (χ0n) is 21.4. The number of anilines is 1. The SMILES string of the molecule is Cc1cc(Sc2ccc(N=Nc3ccc(S(=O)(=O)Nc4ccccn4)cc3)cc2)c2c(ccc3ccccc32)n1. The van der Waals surface area contributed by atoms with Crippen LogP contribution in [0, 0.1) is 6.92 Å². The predicted molar refractivity (Wildman–Crippen MR) is 160 cm³/mol. The van der Waals surface area contributed by atoms with E-state index in [1.165, 1.54) is 29.1 Å². The van der Waals surface area contributed by atoms with Crippen molar-refractivity contribution in [1.29, 1.82) is 0 Å². The average molecular weight is 562 g/mol. The van der Waals surface area contributed by atoms with Gasteiger partial charge >= 0.3 is 0 Å². The van der Waals surface area contributed by atoms with Crippen molar-refractivity contribution in [2.45, 2.75) is 21.6 Å². The van der Waals surface area contributed by atoms with E-state index in [1.807, 2.05) is 37.3 Å². The summed E-state index contributed by atoms with van der Waals surface area (Å²) in [6, 6.07) is 33.8. The molecule has 4 aromatic carbocycles. The summed E-state index contributed by atoms with van der Waals surface area (Å²) in [5.41, 5.74) is 3.19. The Labute approximate surface area is 236 Å². The van der Waals surface area contributed by atoms with E-state index >= 15 is 0 Å². The Balaban J connectivity index is 1.18. The van der Waals surface area contributed by atoms with Crippen molar-refractivity contribution in [3.8, 4) is 0 Å². The normalized spacial score (nSPS) is 11.8. The van der Waals surface area contributed by atoms with E-state index in [4.69, 9.17) is 4.98 Å². The van der Waals surface area contributed by atoms with Crippen molar-refractivity contribution in [1.82, 2.24) is 9.97 Å². The number of pyridine rings is 2. The van der Waals surface area contributed by atoms with Gasteiger partial charge in [-0.15, -0.1) is 0 Å². The van der Waals surface area contributed by atoms with Crippen molar-refractivity contribution in [2.75, 3.05) is 4.72 Å². The molecule has 0 aliphatic carbocycles. The van der Waals surface area contributed by atoms with Gasteiger partial charge in [-0.05, 0) is 90.5 Å². The van der Waals surface area contributed by atoms with Crippen LogP contribution in [0.15, 0.2) is 140 Å². The molecule has 0 saturated heterocycles. The summed E-state index contributed by atoms with van der Waals surface area (Å²) >= 11 is 1.69. The largest absolute Gasteiger partial charge is 0.263 e. The zero-order chi connectivity index (χ0) is 27.5. The number of rotatable bonds is 7. The fourth-order valence-corrected chi connectivity index (χ4v) is 6.39. The lowest BCUT2D eigenvalue weighted by atomic mass is 10.0. The maximum Gasteiger partial charge on any atom is 0.263 e. The number of nitrogens with one attached hydrogen (secondary N) is 1. The molecule has 196 valence electrons. The van der Waals surface area contributed by atoms with Gasteiger partial charge in [-0.25, -0.2) is 13.4 Å². The van der Waals surface area contributed by atoms with Crippen LogP contribution in [0.2, 0.25) is 0 Å². The molecule has 0 unspecified atom stereocenters. The Hall–Kier alpha value is -4.60. The molecule has 6 rings (SSSR count). The van der Waals surface area contributed by atoms with Gasteiger partial charge in [0.15, 0.2) is 0 Å². The fourth-order valence-electron chi connectivity index (χ4n) is 4.31. The van der Waals surface area contributed by atoms with Crippen molar-refractivity contribution in [3.63, 3.8) is 0 Å². The molecule has 2 heterocycles. The number of benzene rings is 4. The number of azo groups is 1. The second-order valence-corrected chi connectivity index (χ2v) is 11.9. The number of aromatic nitrogens is 2. The number of fused-ring (bicyclic) bond motifs is 3. The summed E-state index contributed by atoms with van der Waals surface area (Å²) in [5.74, 6) is 0.258. The Morgan fingerprint density at radius 3 is 2.20 bits per heavy atom. The van der Waals surface area contributed by atoms with Gasteiger partial charge in [-0.3, -0.25) is 9.71 Å². The number of aryl methyl sites for hydroxylation is 1. The molecule has 2 aromatic heterocycles. The maximum absolute atomic E-state index is 12.6. The summed E-state index contributed by atoms with van der Waals surface area (Å²) in [5, 5.41) is 12.1. The van der Waals surface area contributed by atoms with E-state index in [2.05, 4.69) is 56.3 Å². The van der Waals surface area contributed by atoms with Crippen LogP contribution in [-0.2, 0) is 10.0 Å². The van der Waals surface area contributed by atoms with Gasteiger partial charge < -0.3 is 0 Å². The Kier molecular flexibility index (Phi) is 6.98. The summed E-state index contributed by atoms with van der Waals surface area (Å²) in [4.78, 5) is 11.1. The van der Waals surface area contributed by atoms with Gasteiger partial charge in [0.25, 0.3) is 10.0 Å². The predicted octanol–water partition coefficient (Wildman–Crippen LogP) is 8.46. The molecule has 6 aromatic rings. The third kappa shape index (κ3) is 5.56. The molecule has 0 aliphatic heterocycles. The van der Waals surface area contributed by atoms with Crippen LogP contribution in [0.3, 0.4) is 0 Å². The van der Waals surface area contributed by atoms with Gasteiger partial charge in [0.1, 0.15) is 5.82 Å². The van der Waals surface area contributed by atoms with Gasteiger partial charge in [0, 0.05) is 27.1 Å². The van der Waals surface area contributed by atoms with E-state index in [-0.39, 0.29) is 10.7 Å². The first-order chi connectivity index (χ1) is 19.4.